The van der Waals surface area contributed by atoms with Gasteiger partial charge in [0.15, 0.2) is 34.7 Å². The molecule has 8 nitrogen and oxygen atoms in total. The lowest BCUT2D eigenvalue weighted by Crippen LogP contribution is -2.48. The van der Waals surface area contributed by atoms with Crippen LogP contribution in [-0.2, 0) is 22.6 Å². The van der Waals surface area contributed by atoms with Crippen LogP contribution in [0.1, 0.15) is 25.0 Å². The highest BCUT2D eigenvalue weighted by molar-refractivity contribution is 6.19. The van der Waals surface area contributed by atoms with Gasteiger partial charge in [-0.2, -0.15) is 0 Å². The van der Waals surface area contributed by atoms with Gasteiger partial charge in [-0.1, -0.05) is 11.6 Å². The zero-order valence-corrected chi connectivity index (χ0v) is 21.7. The van der Waals surface area contributed by atoms with Crippen molar-refractivity contribution in [3.63, 3.8) is 0 Å². The van der Waals surface area contributed by atoms with Crippen molar-refractivity contribution >= 4 is 17.8 Å². The van der Waals surface area contributed by atoms with Crippen molar-refractivity contribution in [1.29, 1.82) is 0 Å². The number of rotatable bonds is 12. The average molecular weight is 497 g/mol. The maximum Gasteiger partial charge on any atom is 0.510 e. The van der Waals surface area contributed by atoms with Crippen LogP contribution in [0.15, 0.2) is 36.4 Å². The number of alkyl halides is 1. The number of hydrogen-bond acceptors (Lipinski definition) is 7. The normalized spacial score (nSPS) is 12.9. The van der Waals surface area contributed by atoms with Crippen LogP contribution in [0, 0.1) is 0 Å². The Balaban J connectivity index is 2.33. The number of methoxy groups -OCH3 is 4. The lowest BCUT2D eigenvalue weighted by Gasteiger charge is -2.36. The third-order valence-electron chi connectivity index (χ3n) is 5.28. The number of halogens is 1. The van der Waals surface area contributed by atoms with Gasteiger partial charge in [-0.15, -0.1) is 0 Å². The van der Waals surface area contributed by atoms with E-state index in [2.05, 4.69) is 7.05 Å². The molecule has 2 rings (SSSR count). The van der Waals surface area contributed by atoms with E-state index in [4.69, 9.17) is 40.0 Å². The molecular weight excluding hydrogens is 462 g/mol. The molecule has 0 heterocycles. The number of carbonyl (C=O) groups excluding carboxylic acids is 1. The third kappa shape index (κ3) is 7.88. The zero-order chi connectivity index (χ0) is 25.3. The zero-order valence-electron chi connectivity index (χ0n) is 20.9. The van der Waals surface area contributed by atoms with Gasteiger partial charge in [0.25, 0.3) is 0 Å². The first-order valence-corrected chi connectivity index (χ1v) is 11.3. The van der Waals surface area contributed by atoms with Gasteiger partial charge in [-0.05, 0) is 50.2 Å². The fourth-order valence-electron chi connectivity index (χ4n) is 4.01. The summed E-state index contributed by atoms with van der Waals surface area (Å²) in [5.41, 5.74) is 1.33. The number of carbonyl (C=O) groups is 1. The second-order valence-corrected chi connectivity index (χ2v) is 8.95. The molecule has 0 spiro atoms. The quantitative estimate of drug-likeness (QED) is 0.233. The van der Waals surface area contributed by atoms with Gasteiger partial charge < -0.3 is 32.9 Å². The molecule has 0 radical (unpaired) electrons. The van der Waals surface area contributed by atoms with Crippen molar-refractivity contribution in [2.75, 3.05) is 42.0 Å². The van der Waals surface area contributed by atoms with E-state index in [1.54, 1.807) is 35.4 Å². The fraction of sp³-hybridized carbons (Fsp3) is 0.480. The molecule has 2 atom stereocenters. The van der Waals surface area contributed by atoms with Crippen molar-refractivity contribution < 1.29 is 37.7 Å². The molecule has 188 valence electrons. The minimum atomic E-state index is -0.793. The molecular formula is C25H35ClNO7+. The largest absolute Gasteiger partial charge is 0.510 e. The molecule has 9 heteroatoms. The van der Waals surface area contributed by atoms with Crippen molar-refractivity contribution in [3.8, 4) is 23.0 Å². The van der Waals surface area contributed by atoms with Gasteiger partial charge >= 0.3 is 6.16 Å². The minimum absolute atomic E-state index is 0.423. The molecule has 2 unspecified atom stereocenters. The van der Waals surface area contributed by atoms with E-state index in [-0.39, 0.29) is 0 Å². The summed E-state index contributed by atoms with van der Waals surface area (Å²) in [5, 5.41) is 0. The summed E-state index contributed by atoms with van der Waals surface area (Å²) in [4.78, 5) is 12.0. The maximum atomic E-state index is 12.0. The topological polar surface area (TPSA) is 72.5 Å². The van der Waals surface area contributed by atoms with E-state index in [1.165, 1.54) is 0 Å². The van der Waals surface area contributed by atoms with Crippen LogP contribution in [0.25, 0.3) is 0 Å². The predicted octanol–water partition coefficient (Wildman–Crippen LogP) is 4.99. The highest BCUT2D eigenvalue weighted by atomic mass is 35.5. The lowest BCUT2D eigenvalue weighted by molar-refractivity contribution is -0.937. The Labute approximate surface area is 206 Å². The summed E-state index contributed by atoms with van der Waals surface area (Å²) in [6, 6.07) is 11.7. The molecule has 0 aliphatic carbocycles. The first-order chi connectivity index (χ1) is 16.1. The molecule has 0 aliphatic heterocycles. The summed E-state index contributed by atoms with van der Waals surface area (Å²) >= 11 is 5.74. The fourth-order valence-corrected chi connectivity index (χ4v) is 4.08. The van der Waals surface area contributed by atoms with Crippen molar-refractivity contribution in [3.05, 3.63) is 47.5 Å². The molecule has 0 aliphatic rings. The summed E-state index contributed by atoms with van der Waals surface area (Å²) in [6.45, 7) is 5.20. The molecule has 0 saturated heterocycles. The third-order valence-corrected chi connectivity index (χ3v) is 5.37. The second kappa shape index (κ2) is 12.6. The number of hydrogen-bond donors (Lipinski definition) is 0. The molecule has 2 aromatic rings. The average Bonchev–Trinajstić information content (AvgIpc) is 2.77. The van der Waals surface area contributed by atoms with E-state index in [9.17, 15) is 4.79 Å². The molecule has 0 N–H and O–H groups in total. The number of nitrogens with zero attached hydrogens (tertiary/aromatic N) is 1. The molecule has 2 aromatic carbocycles. The maximum absolute atomic E-state index is 12.0. The molecule has 0 fully saturated rings. The van der Waals surface area contributed by atoms with Crippen LogP contribution in [0.3, 0.4) is 0 Å². The van der Waals surface area contributed by atoms with E-state index >= 15 is 0 Å². The summed E-state index contributed by atoms with van der Waals surface area (Å²) in [6.07, 6.45) is -1.22. The Morgan fingerprint density at radius 1 is 0.794 bits per heavy atom. The van der Waals surface area contributed by atoms with Crippen LogP contribution >= 0.6 is 11.6 Å². The van der Waals surface area contributed by atoms with E-state index < -0.39 is 17.8 Å². The first kappa shape index (κ1) is 27.4. The molecule has 0 bridgehead atoms. The standard InChI is InChI=1S/C25H35ClNO7/c1-17(33-25(28)34-18(2)26)14-27(3,15-19-8-10-21(29-4)23(12-19)31-6)16-20-9-11-22(30-5)24(13-20)32-7/h8-13,17-18H,14-16H2,1-7H3/q+1. The van der Waals surface area contributed by atoms with Gasteiger partial charge in [0, 0.05) is 11.1 Å². The van der Waals surface area contributed by atoms with Crippen LogP contribution in [0.2, 0.25) is 0 Å². The van der Waals surface area contributed by atoms with Crippen LogP contribution in [0.5, 0.6) is 23.0 Å². The van der Waals surface area contributed by atoms with Crippen LogP contribution in [-0.4, -0.2) is 64.3 Å². The van der Waals surface area contributed by atoms with Gasteiger partial charge in [0.05, 0.1) is 35.5 Å². The minimum Gasteiger partial charge on any atom is -0.493 e. The first-order valence-electron chi connectivity index (χ1n) is 10.9. The van der Waals surface area contributed by atoms with E-state index in [0.29, 0.717) is 47.1 Å². The van der Waals surface area contributed by atoms with E-state index in [1.807, 2.05) is 43.3 Å². The smallest absolute Gasteiger partial charge is 0.493 e. The summed E-state index contributed by atoms with van der Waals surface area (Å²) in [5.74, 6) is 2.63. The Bertz CT molecular complexity index is 893. The van der Waals surface area contributed by atoms with Gasteiger partial charge in [0.1, 0.15) is 19.6 Å². The van der Waals surface area contributed by atoms with Crippen molar-refractivity contribution in [1.82, 2.24) is 0 Å². The Morgan fingerprint density at radius 3 is 1.62 bits per heavy atom. The highest BCUT2D eigenvalue weighted by Crippen LogP contribution is 2.32. The Morgan fingerprint density at radius 2 is 1.24 bits per heavy atom. The van der Waals surface area contributed by atoms with Crippen LogP contribution < -0.4 is 18.9 Å². The Hall–Kier alpha value is -2.84. The SMILES string of the molecule is COc1ccc(C[N+](C)(Cc2ccc(OC)c(OC)c2)CC(C)OC(=O)OC(C)Cl)cc1OC. The Kier molecular flexibility index (Phi) is 10.1. The van der Waals surface area contributed by atoms with Crippen LogP contribution in [0.4, 0.5) is 4.79 Å². The number of quaternary nitrogens is 1. The monoisotopic (exact) mass is 496 g/mol. The van der Waals surface area contributed by atoms with Crippen molar-refractivity contribution in [2.24, 2.45) is 0 Å². The summed E-state index contributed by atoms with van der Waals surface area (Å²) < 4.78 is 32.6. The van der Waals surface area contributed by atoms with E-state index in [0.717, 1.165) is 11.1 Å². The predicted molar refractivity (Wildman–Crippen MR) is 130 cm³/mol. The number of benzene rings is 2. The number of ether oxygens (including phenoxy) is 6. The summed E-state index contributed by atoms with van der Waals surface area (Å²) in [7, 11) is 8.53. The van der Waals surface area contributed by atoms with Gasteiger partial charge in [-0.25, -0.2) is 4.79 Å². The van der Waals surface area contributed by atoms with Gasteiger partial charge in [0.2, 0.25) is 0 Å². The molecule has 0 amide bonds. The number of likely N-dealkylation sites (N-methyl/N-ethyl adjacent to an activating group) is 1. The molecule has 0 saturated carbocycles. The lowest BCUT2D eigenvalue weighted by atomic mass is 10.1. The highest BCUT2D eigenvalue weighted by Gasteiger charge is 2.29. The molecule has 34 heavy (non-hydrogen) atoms. The second-order valence-electron chi connectivity index (χ2n) is 8.34. The molecule has 0 aromatic heterocycles. The van der Waals surface area contributed by atoms with Gasteiger partial charge in [-0.3, -0.25) is 0 Å². The van der Waals surface area contributed by atoms with Crippen molar-refractivity contribution in [2.45, 2.75) is 38.6 Å².